The van der Waals surface area contributed by atoms with E-state index in [1.54, 1.807) is 0 Å². The van der Waals surface area contributed by atoms with Gasteiger partial charge in [0.15, 0.2) is 0 Å². The molecule has 0 saturated carbocycles. The Bertz CT molecular complexity index is 68.8. The minimum absolute atomic E-state index is 0.113. The second kappa shape index (κ2) is 6.95. The van der Waals surface area contributed by atoms with E-state index in [4.69, 9.17) is 9.94 Å². The molecule has 0 amide bonds. The molecular weight excluding hydrogens is 132 g/mol. The maximum atomic E-state index is 8.32. The highest BCUT2D eigenvalue weighted by Crippen LogP contribution is 1.73. The van der Waals surface area contributed by atoms with E-state index >= 15 is 0 Å². The number of likely N-dealkylation sites (N-methyl/N-ethyl adjacent to an activating group) is 1. The fraction of sp³-hybridized carbons (Fsp3) is 1.00. The van der Waals surface area contributed by atoms with Gasteiger partial charge in [0.2, 0.25) is 0 Å². The molecule has 0 heterocycles. The van der Waals surface area contributed by atoms with Crippen molar-refractivity contribution in [3.63, 3.8) is 0 Å². The van der Waals surface area contributed by atoms with E-state index < -0.39 is 0 Å². The Kier molecular flexibility index (Phi) is 6.84. The van der Waals surface area contributed by atoms with E-state index in [1.807, 2.05) is 19.0 Å². The molecule has 0 spiro atoms. The Morgan fingerprint density at radius 3 is 2.70 bits per heavy atom. The lowest BCUT2D eigenvalue weighted by molar-refractivity contribution is 0.0245. The zero-order chi connectivity index (χ0) is 7.82. The number of aliphatic hydroxyl groups is 1. The van der Waals surface area contributed by atoms with Gasteiger partial charge in [0.05, 0.1) is 13.2 Å². The van der Waals surface area contributed by atoms with Gasteiger partial charge in [0.25, 0.3) is 0 Å². The molecule has 2 N–H and O–H groups in total. The molecule has 0 atom stereocenters. The number of rotatable bonds is 6. The molecule has 0 aromatic heterocycles. The lowest BCUT2D eigenvalue weighted by Crippen LogP contribution is -2.25. The molecule has 0 fully saturated rings. The molecule has 0 aliphatic rings. The van der Waals surface area contributed by atoms with Crippen LogP contribution in [0.25, 0.3) is 0 Å². The summed E-state index contributed by atoms with van der Waals surface area (Å²) in [6, 6.07) is 0. The normalized spacial score (nSPS) is 10.8. The number of nitrogens with zero attached hydrogens (tertiary/aromatic N) is 1. The van der Waals surface area contributed by atoms with Crippen LogP contribution in [0.4, 0.5) is 0 Å². The second-order valence-corrected chi connectivity index (χ2v) is 2.27. The van der Waals surface area contributed by atoms with E-state index in [0.29, 0.717) is 13.2 Å². The summed E-state index contributed by atoms with van der Waals surface area (Å²) in [6.07, 6.45) is 0. The Morgan fingerprint density at radius 1 is 1.50 bits per heavy atom. The molecule has 0 aliphatic carbocycles. The number of nitrogens with one attached hydrogen (secondary N) is 1. The first-order valence-corrected chi connectivity index (χ1v) is 3.37. The number of aliphatic hydroxyl groups excluding tert-OH is 1. The van der Waals surface area contributed by atoms with Crippen LogP contribution in [-0.4, -0.2) is 50.4 Å². The van der Waals surface area contributed by atoms with Gasteiger partial charge >= 0.3 is 0 Å². The predicted octanol–water partition coefficient (Wildman–Crippen LogP) is -0.938. The second-order valence-electron chi connectivity index (χ2n) is 2.27. The van der Waals surface area contributed by atoms with E-state index in [9.17, 15) is 0 Å². The molecule has 0 bridgehead atoms. The zero-order valence-corrected chi connectivity index (χ0v) is 6.63. The highest BCUT2D eigenvalue weighted by molar-refractivity contribution is 4.37. The van der Waals surface area contributed by atoms with Crippen LogP contribution in [0, 0.1) is 0 Å². The molecular formula is C6H16N2O2. The maximum Gasteiger partial charge on any atom is 0.0809 e. The summed E-state index contributed by atoms with van der Waals surface area (Å²) in [6.45, 7) is 2.14. The van der Waals surface area contributed by atoms with E-state index in [0.717, 1.165) is 6.54 Å². The fourth-order valence-electron chi connectivity index (χ4n) is 0.418. The van der Waals surface area contributed by atoms with Gasteiger partial charge in [0.1, 0.15) is 0 Å². The van der Waals surface area contributed by atoms with Crippen molar-refractivity contribution in [2.24, 2.45) is 0 Å². The lowest BCUT2D eigenvalue weighted by atomic mass is 10.6. The minimum Gasteiger partial charge on any atom is -0.395 e. The first-order chi connectivity index (χ1) is 4.77. The first-order valence-electron chi connectivity index (χ1n) is 3.37. The molecule has 4 nitrogen and oxygen atoms in total. The van der Waals surface area contributed by atoms with Gasteiger partial charge in [-0.1, -0.05) is 0 Å². The molecule has 0 aliphatic heterocycles. The standard InChI is InChI=1S/C6H16N2O2/c1-8(2)4-6-10-7-3-5-9/h7,9H,3-6H2,1-2H3. The zero-order valence-electron chi connectivity index (χ0n) is 6.63. The average Bonchev–Trinajstić information content (AvgIpc) is 1.87. The highest BCUT2D eigenvalue weighted by atomic mass is 16.6. The number of hydrogen-bond donors (Lipinski definition) is 2. The quantitative estimate of drug-likeness (QED) is 0.377. The van der Waals surface area contributed by atoms with Crippen LogP contribution in [0.15, 0.2) is 0 Å². The Balaban J connectivity index is 2.77. The van der Waals surface area contributed by atoms with Crippen molar-refractivity contribution in [1.82, 2.24) is 10.4 Å². The molecule has 0 aromatic rings. The van der Waals surface area contributed by atoms with Crippen LogP contribution < -0.4 is 5.48 Å². The van der Waals surface area contributed by atoms with Crippen molar-refractivity contribution in [2.75, 3.05) is 40.4 Å². The van der Waals surface area contributed by atoms with Gasteiger partial charge in [-0.2, -0.15) is 0 Å². The SMILES string of the molecule is CN(C)CCONCCO. The summed E-state index contributed by atoms with van der Waals surface area (Å²) in [7, 11) is 3.96. The summed E-state index contributed by atoms with van der Waals surface area (Å²) in [5, 5.41) is 8.32. The van der Waals surface area contributed by atoms with Gasteiger partial charge in [-0.25, -0.2) is 5.48 Å². The first kappa shape index (κ1) is 9.84. The maximum absolute atomic E-state index is 8.32. The smallest absolute Gasteiger partial charge is 0.0809 e. The Labute approximate surface area is 61.7 Å². The topological polar surface area (TPSA) is 44.7 Å². The van der Waals surface area contributed by atoms with Crippen molar-refractivity contribution in [3.05, 3.63) is 0 Å². The summed E-state index contributed by atoms with van der Waals surface area (Å²) >= 11 is 0. The van der Waals surface area contributed by atoms with Crippen LogP contribution in [0.1, 0.15) is 0 Å². The van der Waals surface area contributed by atoms with Crippen LogP contribution in [0.2, 0.25) is 0 Å². The molecule has 10 heavy (non-hydrogen) atoms. The summed E-state index contributed by atoms with van der Waals surface area (Å²) in [4.78, 5) is 6.96. The van der Waals surface area contributed by atoms with Crippen LogP contribution in [-0.2, 0) is 4.84 Å². The van der Waals surface area contributed by atoms with Crippen molar-refractivity contribution in [2.45, 2.75) is 0 Å². The molecule has 4 heteroatoms. The third-order valence-electron chi connectivity index (χ3n) is 0.956. The lowest BCUT2D eigenvalue weighted by Gasteiger charge is -2.09. The molecule has 62 valence electrons. The monoisotopic (exact) mass is 148 g/mol. The van der Waals surface area contributed by atoms with Gasteiger partial charge < -0.3 is 14.8 Å². The van der Waals surface area contributed by atoms with Crippen molar-refractivity contribution >= 4 is 0 Å². The molecule has 0 radical (unpaired) electrons. The van der Waals surface area contributed by atoms with Crippen LogP contribution >= 0.6 is 0 Å². The minimum atomic E-state index is 0.113. The van der Waals surface area contributed by atoms with Gasteiger partial charge in [-0.15, -0.1) is 0 Å². The van der Waals surface area contributed by atoms with Crippen LogP contribution in [0.3, 0.4) is 0 Å². The van der Waals surface area contributed by atoms with E-state index in [-0.39, 0.29) is 6.61 Å². The molecule has 0 saturated heterocycles. The van der Waals surface area contributed by atoms with Gasteiger partial charge in [0, 0.05) is 13.1 Å². The largest absolute Gasteiger partial charge is 0.395 e. The molecule has 0 unspecified atom stereocenters. The van der Waals surface area contributed by atoms with E-state index in [2.05, 4.69) is 5.48 Å². The van der Waals surface area contributed by atoms with Gasteiger partial charge in [-0.05, 0) is 14.1 Å². The highest BCUT2D eigenvalue weighted by Gasteiger charge is 1.88. The third-order valence-corrected chi connectivity index (χ3v) is 0.956. The predicted molar refractivity (Wildman–Crippen MR) is 39.6 cm³/mol. The summed E-state index contributed by atoms with van der Waals surface area (Å²) in [5.41, 5.74) is 2.61. The number of hydroxylamine groups is 1. The third kappa shape index (κ3) is 7.84. The van der Waals surface area contributed by atoms with Crippen LogP contribution in [0.5, 0.6) is 0 Å². The molecule has 0 aromatic carbocycles. The average molecular weight is 148 g/mol. The Morgan fingerprint density at radius 2 is 2.20 bits per heavy atom. The van der Waals surface area contributed by atoms with Gasteiger partial charge in [-0.3, -0.25) is 0 Å². The number of hydrogen-bond acceptors (Lipinski definition) is 4. The van der Waals surface area contributed by atoms with Crippen molar-refractivity contribution < 1.29 is 9.94 Å². The summed E-state index contributed by atoms with van der Waals surface area (Å²) in [5.74, 6) is 0. The van der Waals surface area contributed by atoms with Crippen molar-refractivity contribution in [3.8, 4) is 0 Å². The molecule has 0 rings (SSSR count). The fourth-order valence-corrected chi connectivity index (χ4v) is 0.418. The van der Waals surface area contributed by atoms with Crippen molar-refractivity contribution in [1.29, 1.82) is 0 Å². The van der Waals surface area contributed by atoms with E-state index in [1.165, 1.54) is 0 Å². The Hall–Kier alpha value is -0.160. The summed E-state index contributed by atoms with van der Waals surface area (Å²) < 4.78 is 0.